The van der Waals surface area contributed by atoms with Gasteiger partial charge in [-0.1, -0.05) is 17.7 Å². The highest BCUT2D eigenvalue weighted by Crippen LogP contribution is 2.16. The molecule has 0 aliphatic rings. The molecule has 0 aliphatic heterocycles. The second kappa shape index (κ2) is 4.81. The van der Waals surface area contributed by atoms with E-state index in [1.165, 1.54) is 0 Å². The van der Waals surface area contributed by atoms with Gasteiger partial charge in [0, 0.05) is 12.3 Å². The molecule has 0 amide bonds. The number of hydrogen-bond acceptors (Lipinski definition) is 4. The van der Waals surface area contributed by atoms with E-state index >= 15 is 0 Å². The van der Waals surface area contributed by atoms with Crippen molar-refractivity contribution in [1.82, 2.24) is 9.97 Å². The van der Waals surface area contributed by atoms with Crippen molar-refractivity contribution in [3.05, 3.63) is 47.4 Å². The van der Waals surface area contributed by atoms with Crippen LogP contribution >= 0.6 is 11.6 Å². The minimum atomic E-state index is 0.340. The summed E-state index contributed by atoms with van der Waals surface area (Å²) in [6, 6.07) is 7.09. The number of pyridine rings is 2. The van der Waals surface area contributed by atoms with Crippen molar-refractivity contribution >= 4 is 17.4 Å². The van der Waals surface area contributed by atoms with E-state index in [0.29, 0.717) is 23.2 Å². The number of nitrogens with two attached hydrogens (primary N) is 1. The van der Waals surface area contributed by atoms with Crippen LogP contribution in [0.3, 0.4) is 0 Å². The molecule has 2 aromatic heterocycles. The Kier molecular flexibility index (Phi) is 3.22. The zero-order valence-electron chi connectivity index (χ0n) is 8.43. The summed E-state index contributed by atoms with van der Waals surface area (Å²) in [5.74, 6) is 1.09. The molecule has 0 saturated heterocycles. The lowest BCUT2D eigenvalue weighted by Gasteiger charge is -2.05. The maximum atomic E-state index is 5.77. The smallest absolute Gasteiger partial charge is 0.139 e. The van der Waals surface area contributed by atoms with Crippen LogP contribution in [0.4, 0.5) is 5.82 Å². The average molecular weight is 236 g/mol. The van der Waals surface area contributed by atoms with Gasteiger partial charge in [0.25, 0.3) is 0 Å². The van der Waals surface area contributed by atoms with Crippen LogP contribution in [0.2, 0.25) is 5.02 Å². The van der Waals surface area contributed by atoms with E-state index in [1.54, 1.807) is 24.5 Å². The van der Waals surface area contributed by atoms with Crippen LogP contribution in [0.15, 0.2) is 36.7 Å². The van der Waals surface area contributed by atoms with Gasteiger partial charge in [0.2, 0.25) is 0 Å². The first kappa shape index (κ1) is 10.7. The third-order valence-corrected chi connectivity index (χ3v) is 2.10. The Hall–Kier alpha value is -1.81. The third-order valence-electron chi connectivity index (χ3n) is 1.89. The van der Waals surface area contributed by atoms with Gasteiger partial charge < -0.3 is 10.5 Å². The van der Waals surface area contributed by atoms with E-state index < -0.39 is 0 Å². The van der Waals surface area contributed by atoms with Crippen LogP contribution in [0, 0.1) is 0 Å². The number of hydrogen-bond donors (Lipinski definition) is 1. The number of nitrogen functional groups attached to an aromatic ring is 1. The minimum absolute atomic E-state index is 0.340. The maximum absolute atomic E-state index is 5.77. The van der Waals surface area contributed by atoms with Crippen LogP contribution in [0.5, 0.6) is 5.75 Å². The summed E-state index contributed by atoms with van der Waals surface area (Å²) in [4.78, 5) is 8.02. The monoisotopic (exact) mass is 235 g/mol. The summed E-state index contributed by atoms with van der Waals surface area (Å²) in [7, 11) is 0. The maximum Gasteiger partial charge on any atom is 0.139 e. The van der Waals surface area contributed by atoms with Crippen molar-refractivity contribution in [2.75, 3.05) is 5.73 Å². The number of aromatic nitrogens is 2. The molecule has 0 saturated carbocycles. The fraction of sp³-hybridized carbons (Fsp3) is 0.0909. The molecular weight excluding hydrogens is 226 g/mol. The Labute approximate surface area is 98.0 Å². The quantitative estimate of drug-likeness (QED) is 0.887. The van der Waals surface area contributed by atoms with Gasteiger partial charge in [0.15, 0.2) is 0 Å². The van der Waals surface area contributed by atoms with Crippen LogP contribution in [-0.4, -0.2) is 9.97 Å². The van der Waals surface area contributed by atoms with Gasteiger partial charge in [0.1, 0.15) is 18.2 Å². The van der Waals surface area contributed by atoms with E-state index in [2.05, 4.69) is 9.97 Å². The highest BCUT2D eigenvalue weighted by atomic mass is 35.5. The molecule has 0 radical (unpaired) electrons. The topological polar surface area (TPSA) is 61.0 Å². The number of anilines is 1. The Bertz CT molecular complexity index is 445. The molecule has 0 fully saturated rings. The predicted molar refractivity (Wildman–Crippen MR) is 62.2 cm³/mol. The second-order valence-electron chi connectivity index (χ2n) is 3.18. The second-order valence-corrected chi connectivity index (χ2v) is 3.62. The lowest BCUT2D eigenvalue weighted by molar-refractivity contribution is 0.300. The molecule has 2 rings (SSSR count). The van der Waals surface area contributed by atoms with Crippen LogP contribution in [0.25, 0.3) is 0 Å². The molecule has 0 spiro atoms. The Balaban J connectivity index is 2.02. The molecule has 0 aromatic carbocycles. The predicted octanol–water partition coefficient (Wildman–Crippen LogP) is 2.29. The van der Waals surface area contributed by atoms with E-state index in [-0.39, 0.29) is 0 Å². The summed E-state index contributed by atoms with van der Waals surface area (Å²) >= 11 is 5.77. The van der Waals surface area contributed by atoms with Crippen molar-refractivity contribution in [3.8, 4) is 5.75 Å². The molecule has 2 heterocycles. The first-order valence-electron chi connectivity index (χ1n) is 4.69. The summed E-state index contributed by atoms with van der Waals surface area (Å²) in [6.45, 7) is 0.340. The zero-order chi connectivity index (χ0) is 11.4. The minimum Gasteiger partial charge on any atom is -0.486 e. The highest BCUT2D eigenvalue weighted by Gasteiger charge is 1.99. The third kappa shape index (κ3) is 2.84. The van der Waals surface area contributed by atoms with E-state index in [0.717, 1.165) is 5.69 Å². The summed E-state index contributed by atoms with van der Waals surface area (Å²) in [5, 5.41) is 0.540. The molecule has 0 atom stereocenters. The first-order valence-corrected chi connectivity index (χ1v) is 5.06. The van der Waals surface area contributed by atoms with Crippen molar-refractivity contribution in [1.29, 1.82) is 0 Å². The fourth-order valence-corrected chi connectivity index (χ4v) is 1.37. The molecule has 16 heavy (non-hydrogen) atoms. The molecular formula is C11H10ClN3O. The van der Waals surface area contributed by atoms with E-state index in [4.69, 9.17) is 22.1 Å². The van der Waals surface area contributed by atoms with Gasteiger partial charge in [-0.3, -0.25) is 4.98 Å². The Morgan fingerprint density at radius 2 is 2.19 bits per heavy atom. The Morgan fingerprint density at radius 1 is 1.31 bits per heavy atom. The van der Waals surface area contributed by atoms with Crippen molar-refractivity contribution in [2.45, 2.75) is 6.61 Å². The Morgan fingerprint density at radius 3 is 2.94 bits per heavy atom. The van der Waals surface area contributed by atoms with Crippen LogP contribution in [0.1, 0.15) is 5.69 Å². The largest absolute Gasteiger partial charge is 0.486 e. The normalized spacial score (nSPS) is 10.1. The molecule has 2 N–H and O–H groups in total. The molecule has 82 valence electrons. The van der Waals surface area contributed by atoms with Crippen molar-refractivity contribution in [2.24, 2.45) is 0 Å². The standard InChI is InChI=1S/C11H10ClN3O/c12-8-4-10(6-14-5-8)16-7-9-2-1-3-11(13)15-9/h1-6H,7H2,(H2,13,15). The van der Waals surface area contributed by atoms with Crippen LogP contribution < -0.4 is 10.5 Å². The number of rotatable bonds is 3. The van der Waals surface area contributed by atoms with Gasteiger partial charge >= 0.3 is 0 Å². The number of nitrogens with zero attached hydrogens (tertiary/aromatic N) is 2. The summed E-state index contributed by atoms with van der Waals surface area (Å²) in [5.41, 5.74) is 6.32. The molecule has 0 bridgehead atoms. The van der Waals surface area contributed by atoms with E-state index in [9.17, 15) is 0 Å². The molecule has 2 aromatic rings. The zero-order valence-corrected chi connectivity index (χ0v) is 9.19. The van der Waals surface area contributed by atoms with Gasteiger partial charge in [-0.15, -0.1) is 0 Å². The number of ether oxygens (including phenoxy) is 1. The lowest BCUT2D eigenvalue weighted by atomic mass is 10.3. The fourth-order valence-electron chi connectivity index (χ4n) is 1.21. The van der Waals surface area contributed by atoms with Gasteiger partial charge in [-0.2, -0.15) is 0 Å². The highest BCUT2D eigenvalue weighted by molar-refractivity contribution is 6.30. The van der Waals surface area contributed by atoms with Crippen molar-refractivity contribution < 1.29 is 4.74 Å². The molecule has 5 heteroatoms. The average Bonchev–Trinajstić information content (AvgIpc) is 2.27. The number of halogens is 1. The van der Waals surface area contributed by atoms with Gasteiger partial charge in [-0.25, -0.2) is 4.98 Å². The first-order chi connectivity index (χ1) is 7.74. The summed E-state index contributed by atoms with van der Waals surface area (Å²) < 4.78 is 5.46. The van der Waals surface area contributed by atoms with Crippen molar-refractivity contribution in [3.63, 3.8) is 0 Å². The molecule has 0 unspecified atom stereocenters. The lowest BCUT2D eigenvalue weighted by Crippen LogP contribution is -2.00. The molecule has 0 aliphatic carbocycles. The van der Waals surface area contributed by atoms with Gasteiger partial charge in [-0.05, 0) is 12.1 Å². The van der Waals surface area contributed by atoms with E-state index in [1.807, 2.05) is 12.1 Å². The van der Waals surface area contributed by atoms with Crippen LogP contribution in [-0.2, 0) is 6.61 Å². The molecule has 4 nitrogen and oxygen atoms in total. The van der Waals surface area contributed by atoms with Gasteiger partial charge in [0.05, 0.1) is 16.9 Å². The summed E-state index contributed by atoms with van der Waals surface area (Å²) in [6.07, 6.45) is 3.14. The SMILES string of the molecule is Nc1cccc(COc2cncc(Cl)c2)n1.